The van der Waals surface area contributed by atoms with Crippen molar-refractivity contribution in [2.75, 3.05) is 6.61 Å². The van der Waals surface area contributed by atoms with Crippen molar-refractivity contribution in [3.8, 4) is 5.75 Å². The van der Waals surface area contributed by atoms with Gasteiger partial charge in [0.15, 0.2) is 11.6 Å². The van der Waals surface area contributed by atoms with Gasteiger partial charge in [-0.25, -0.2) is 18.4 Å². The zero-order valence-electron chi connectivity index (χ0n) is 15.5. The van der Waals surface area contributed by atoms with Gasteiger partial charge >= 0.3 is 0 Å². The lowest BCUT2D eigenvalue weighted by atomic mass is 9.86. The first-order valence-corrected chi connectivity index (χ1v) is 8.86. The largest absolute Gasteiger partial charge is 0.491 e. The van der Waals surface area contributed by atoms with Crippen molar-refractivity contribution in [1.29, 1.82) is 0 Å². The van der Waals surface area contributed by atoms with Gasteiger partial charge in [-0.3, -0.25) is 0 Å². The maximum absolute atomic E-state index is 13.5. The van der Waals surface area contributed by atoms with Crippen LogP contribution in [-0.2, 0) is 0 Å². The summed E-state index contributed by atoms with van der Waals surface area (Å²) in [6, 6.07) is 3.09. The standard InChI is InChI=1S/C19H27F2N3O2/c1-19(2,3)11-17(25)16(24-13-22-12-23-24)6-4-5-9-26-18-8-7-14(20)10-15(18)21/h7-8,10,12-13,16-17,25H,4-6,9,11H2,1-3H3. The van der Waals surface area contributed by atoms with E-state index in [9.17, 15) is 13.9 Å². The Labute approximate surface area is 153 Å². The lowest BCUT2D eigenvalue weighted by molar-refractivity contribution is 0.0599. The molecule has 144 valence electrons. The van der Waals surface area contributed by atoms with Crippen LogP contribution in [0.1, 0.15) is 52.5 Å². The van der Waals surface area contributed by atoms with Crippen molar-refractivity contribution in [2.45, 2.75) is 58.6 Å². The molecule has 0 amide bonds. The molecule has 2 rings (SSSR count). The first kappa shape index (κ1) is 20.3. The van der Waals surface area contributed by atoms with E-state index in [1.165, 1.54) is 18.5 Å². The summed E-state index contributed by atoms with van der Waals surface area (Å²) in [5, 5.41) is 14.8. The molecule has 1 heterocycles. The lowest BCUT2D eigenvalue weighted by Gasteiger charge is -2.28. The zero-order valence-corrected chi connectivity index (χ0v) is 15.5. The molecule has 0 aliphatic rings. The average molecular weight is 367 g/mol. The number of aliphatic hydroxyl groups excluding tert-OH is 1. The number of benzene rings is 1. The van der Waals surface area contributed by atoms with Gasteiger partial charge in [-0.15, -0.1) is 0 Å². The van der Waals surface area contributed by atoms with E-state index in [2.05, 4.69) is 30.9 Å². The molecule has 0 saturated heterocycles. The molecular weight excluding hydrogens is 340 g/mol. The number of hydrogen-bond acceptors (Lipinski definition) is 4. The van der Waals surface area contributed by atoms with Crippen LogP contribution in [0.25, 0.3) is 0 Å². The molecule has 0 fully saturated rings. The number of aliphatic hydroxyl groups is 1. The van der Waals surface area contributed by atoms with Crippen molar-refractivity contribution in [1.82, 2.24) is 14.8 Å². The maximum atomic E-state index is 13.5. The molecule has 1 aromatic heterocycles. The molecule has 1 N–H and O–H groups in total. The van der Waals surface area contributed by atoms with Gasteiger partial charge in [-0.1, -0.05) is 20.8 Å². The third kappa shape index (κ3) is 6.37. The van der Waals surface area contributed by atoms with Gasteiger partial charge in [-0.05, 0) is 43.2 Å². The SMILES string of the molecule is CC(C)(C)CC(O)C(CCCCOc1ccc(F)cc1F)n1cncn1. The number of hydrogen-bond donors (Lipinski definition) is 1. The predicted molar refractivity (Wildman–Crippen MR) is 94.8 cm³/mol. The Bertz CT molecular complexity index is 672. The third-order valence-corrected chi connectivity index (χ3v) is 4.09. The summed E-state index contributed by atoms with van der Waals surface area (Å²) in [6.07, 6.45) is 5.34. The molecular formula is C19H27F2N3O2. The molecule has 0 aliphatic carbocycles. The fraction of sp³-hybridized carbons (Fsp3) is 0.579. The molecule has 5 nitrogen and oxygen atoms in total. The molecule has 0 radical (unpaired) electrons. The van der Waals surface area contributed by atoms with Gasteiger partial charge < -0.3 is 9.84 Å². The minimum atomic E-state index is -0.703. The van der Waals surface area contributed by atoms with E-state index in [0.29, 0.717) is 25.9 Å². The fourth-order valence-electron chi connectivity index (χ4n) is 2.88. The lowest BCUT2D eigenvalue weighted by Crippen LogP contribution is -2.29. The van der Waals surface area contributed by atoms with Gasteiger partial charge in [0.25, 0.3) is 0 Å². The Morgan fingerprint density at radius 2 is 2.00 bits per heavy atom. The van der Waals surface area contributed by atoms with Crippen LogP contribution in [0.4, 0.5) is 8.78 Å². The zero-order chi connectivity index (χ0) is 19.2. The smallest absolute Gasteiger partial charge is 0.167 e. The van der Waals surface area contributed by atoms with Crippen LogP contribution in [0.3, 0.4) is 0 Å². The van der Waals surface area contributed by atoms with Crippen molar-refractivity contribution in [3.05, 3.63) is 42.5 Å². The molecule has 2 unspecified atom stereocenters. The summed E-state index contributed by atoms with van der Waals surface area (Å²) >= 11 is 0. The quantitative estimate of drug-likeness (QED) is 0.677. The minimum absolute atomic E-state index is 0.00146. The average Bonchev–Trinajstić information content (AvgIpc) is 3.04. The van der Waals surface area contributed by atoms with Crippen LogP contribution in [-0.4, -0.2) is 32.6 Å². The molecule has 26 heavy (non-hydrogen) atoms. The molecule has 2 atom stereocenters. The van der Waals surface area contributed by atoms with Crippen LogP contribution in [0, 0.1) is 17.0 Å². The van der Waals surface area contributed by atoms with E-state index in [1.54, 1.807) is 11.0 Å². The van der Waals surface area contributed by atoms with Crippen molar-refractivity contribution < 1.29 is 18.6 Å². The first-order chi connectivity index (χ1) is 12.3. The van der Waals surface area contributed by atoms with Gasteiger partial charge in [-0.2, -0.15) is 5.10 Å². The van der Waals surface area contributed by atoms with Crippen LogP contribution in [0.15, 0.2) is 30.9 Å². The molecule has 1 aromatic carbocycles. The van der Waals surface area contributed by atoms with E-state index < -0.39 is 17.7 Å². The van der Waals surface area contributed by atoms with E-state index in [0.717, 1.165) is 12.5 Å². The number of rotatable bonds is 9. The second-order valence-corrected chi connectivity index (χ2v) is 7.69. The Morgan fingerprint density at radius 1 is 1.23 bits per heavy atom. The van der Waals surface area contributed by atoms with Crippen molar-refractivity contribution >= 4 is 0 Å². The van der Waals surface area contributed by atoms with Crippen molar-refractivity contribution in [3.63, 3.8) is 0 Å². The van der Waals surface area contributed by atoms with Gasteiger partial charge in [0.05, 0.1) is 18.8 Å². The highest BCUT2D eigenvalue weighted by molar-refractivity contribution is 5.24. The Morgan fingerprint density at radius 3 is 2.62 bits per heavy atom. The summed E-state index contributed by atoms with van der Waals surface area (Å²) in [5.41, 5.74) is 0.00146. The molecule has 2 aromatic rings. The van der Waals surface area contributed by atoms with E-state index in [-0.39, 0.29) is 17.2 Å². The first-order valence-electron chi connectivity index (χ1n) is 8.86. The number of nitrogens with zero attached hydrogens (tertiary/aromatic N) is 3. The summed E-state index contributed by atoms with van der Waals surface area (Å²) in [7, 11) is 0. The number of ether oxygens (including phenoxy) is 1. The molecule has 0 saturated carbocycles. The normalized spacial score (nSPS) is 14.2. The minimum Gasteiger partial charge on any atom is -0.491 e. The predicted octanol–water partition coefficient (Wildman–Crippen LogP) is 4.14. The topological polar surface area (TPSA) is 60.2 Å². The van der Waals surface area contributed by atoms with E-state index >= 15 is 0 Å². The fourth-order valence-corrected chi connectivity index (χ4v) is 2.88. The summed E-state index contributed by atoms with van der Waals surface area (Å²) in [5.74, 6) is -1.28. The van der Waals surface area contributed by atoms with Crippen LogP contribution < -0.4 is 4.74 Å². The Balaban J connectivity index is 1.83. The monoisotopic (exact) mass is 367 g/mol. The van der Waals surface area contributed by atoms with E-state index in [1.807, 2.05) is 0 Å². The Hall–Kier alpha value is -2.02. The van der Waals surface area contributed by atoms with Gasteiger partial charge in [0.2, 0.25) is 0 Å². The van der Waals surface area contributed by atoms with Crippen molar-refractivity contribution in [2.24, 2.45) is 5.41 Å². The third-order valence-electron chi connectivity index (χ3n) is 4.09. The van der Waals surface area contributed by atoms with Gasteiger partial charge in [0, 0.05) is 6.07 Å². The number of aromatic nitrogens is 3. The summed E-state index contributed by atoms with van der Waals surface area (Å²) < 4.78 is 33.5. The highest BCUT2D eigenvalue weighted by Gasteiger charge is 2.26. The van der Waals surface area contributed by atoms with Crippen LogP contribution in [0.2, 0.25) is 0 Å². The number of halogens is 2. The molecule has 0 spiro atoms. The molecule has 7 heteroatoms. The highest BCUT2D eigenvalue weighted by Crippen LogP contribution is 2.29. The Kier molecular flexibility index (Phi) is 7.08. The summed E-state index contributed by atoms with van der Waals surface area (Å²) in [6.45, 7) is 6.57. The molecule has 0 bridgehead atoms. The number of unbranched alkanes of at least 4 members (excludes halogenated alkanes) is 1. The second kappa shape index (κ2) is 9.07. The van der Waals surface area contributed by atoms with Gasteiger partial charge in [0.1, 0.15) is 18.5 Å². The van der Waals surface area contributed by atoms with Crippen LogP contribution in [0.5, 0.6) is 5.75 Å². The maximum Gasteiger partial charge on any atom is 0.167 e. The highest BCUT2D eigenvalue weighted by atomic mass is 19.1. The molecule has 0 aliphatic heterocycles. The van der Waals surface area contributed by atoms with E-state index in [4.69, 9.17) is 4.74 Å². The van der Waals surface area contributed by atoms with Crippen LogP contribution >= 0.6 is 0 Å². The summed E-state index contributed by atoms with van der Waals surface area (Å²) in [4.78, 5) is 3.97. The second-order valence-electron chi connectivity index (χ2n) is 7.69.